The summed E-state index contributed by atoms with van der Waals surface area (Å²) in [5.74, 6) is -0.288. The minimum Gasteiger partial charge on any atom is -0.480 e. The highest BCUT2D eigenvalue weighted by Gasteiger charge is 2.39. The molecule has 13 heteroatoms. The van der Waals surface area contributed by atoms with Gasteiger partial charge in [-0.3, -0.25) is 0 Å². The van der Waals surface area contributed by atoms with E-state index in [0.717, 1.165) is 32.1 Å². The van der Waals surface area contributed by atoms with E-state index in [1.807, 2.05) is 12.2 Å². The topological polar surface area (TPSA) is 153 Å². The lowest BCUT2D eigenvalue weighted by Gasteiger charge is -2.43. The minimum atomic E-state index is -1.39. The Morgan fingerprint density at radius 2 is 1.67 bits per heavy atom. The van der Waals surface area contributed by atoms with E-state index < -0.39 is 30.8 Å². The number of nitrogens with one attached hydrogen (secondary N) is 2. The summed E-state index contributed by atoms with van der Waals surface area (Å²) in [6.45, 7) is 2.03. The fourth-order valence-corrected chi connectivity index (χ4v) is 5.43. The summed E-state index contributed by atoms with van der Waals surface area (Å²) in [5.41, 5.74) is -0.0133. The molecule has 1 saturated carbocycles. The van der Waals surface area contributed by atoms with E-state index in [0.29, 0.717) is 18.1 Å². The molecule has 11 nitrogen and oxygen atoms in total. The maximum Gasteiger partial charge on any atom is 0.407 e. The fraction of sp³-hybridized carbons (Fsp3) is 0.850. The molecule has 1 saturated heterocycles. The van der Waals surface area contributed by atoms with Gasteiger partial charge in [0.25, 0.3) is 0 Å². The molecule has 4 N–H and O–H groups in total. The molecule has 33 heavy (non-hydrogen) atoms. The third-order valence-electron chi connectivity index (χ3n) is 5.46. The van der Waals surface area contributed by atoms with Crippen molar-refractivity contribution in [3.63, 3.8) is 0 Å². The van der Waals surface area contributed by atoms with Crippen molar-refractivity contribution in [1.29, 1.82) is 0 Å². The van der Waals surface area contributed by atoms with Crippen molar-refractivity contribution < 1.29 is 43.5 Å². The smallest absolute Gasteiger partial charge is 0.407 e. The van der Waals surface area contributed by atoms with Crippen molar-refractivity contribution in [2.45, 2.75) is 64.1 Å². The lowest BCUT2D eigenvalue weighted by molar-refractivity contribution is -0.383. The number of aliphatic hydroxyl groups is 1. The number of aliphatic hydroxyl groups excluding tert-OH is 1. The normalized spacial score (nSPS) is 22.5. The van der Waals surface area contributed by atoms with Crippen LogP contribution in [0.3, 0.4) is 0 Å². The van der Waals surface area contributed by atoms with Gasteiger partial charge in [0, 0.05) is 24.5 Å². The molecule has 1 aliphatic carbocycles. The van der Waals surface area contributed by atoms with Gasteiger partial charge in [0.1, 0.15) is 13.2 Å². The molecule has 2 rings (SSSR count). The molecule has 2 amide bonds. The first-order valence-electron chi connectivity index (χ1n) is 11.1. The van der Waals surface area contributed by atoms with Gasteiger partial charge in [0.15, 0.2) is 18.6 Å². The molecule has 0 aromatic rings. The van der Waals surface area contributed by atoms with E-state index in [9.17, 15) is 14.4 Å². The fourth-order valence-electron chi connectivity index (χ4n) is 3.78. The van der Waals surface area contributed by atoms with Gasteiger partial charge in [-0.05, 0) is 25.2 Å². The number of aliphatic carboxylic acids is 1. The number of hydrogen-bond donors (Lipinski definition) is 4. The van der Waals surface area contributed by atoms with Gasteiger partial charge >= 0.3 is 18.2 Å². The van der Waals surface area contributed by atoms with Crippen LogP contribution in [0.15, 0.2) is 0 Å². The van der Waals surface area contributed by atoms with E-state index in [1.165, 1.54) is 28.0 Å². The van der Waals surface area contributed by atoms with Gasteiger partial charge in [-0.2, -0.15) is 0 Å². The Hall–Kier alpha value is -1.41. The third-order valence-corrected chi connectivity index (χ3v) is 7.80. The van der Waals surface area contributed by atoms with Crippen LogP contribution in [0.4, 0.5) is 9.59 Å². The van der Waals surface area contributed by atoms with Crippen molar-refractivity contribution in [1.82, 2.24) is 10.6 Å². The van der Waals surface area contributed by atoms with Crippen LogP contribution in [0.25, 0.3) is 0 Å². The lowest BCUT2D eigenvalue weighted by atomic mass is 9.71. The summed E-state index contributed by atoms with van der Waals surface area (Å²) < 4.78 is 21.3. The Kier molecular flexibility index (Phi) is 12.5. The van der Waals surface area contributed by atoms with Crippen molar-refractivity contribution in [3.8, 4) is 0 Å². The Morgan fingerprint density at radius 3 is 2.21 bits per heavy atom. The summed E-state index contributed by atoms with van der Waals surface area (Å²) in [6, 6.07) is -1.39. The number of rotatable bonds is 14. The van der Waals surface area contributed by atoms with Crippen LogP contribution < -0.4 is 10.6 Å². The van der Waals surface area contributed by atoms with Gasteiger partial charge in [0.2, 0.25) is 0 Å². The average molecular weight is 511 g/mol. The molecular formula is C20H34N2O9S2. The van der Waals surface area contributed by atoms with Crippen LogP contribution in [0.2, 0.25) is 0 Å². The van der Waals surface area contributed by atoms with Crippen LogP contribution in [0, 0.1) is 5.41 Å². The van der Waals surface area contributed by atoms with Gasteiger partial charge in [0.05, 0.1) is 6.61 Å². The van der Waals surface area contributed by atoms with Gasteiger partial charge in [-0.25, -0.2) is 14.4 Å². The maximum atomic E-state index is 12.1. The van der Waals surface area contributed by atoms with Crippen LogP contribution >= 0.6 is 21.6 Å². The SMILES string of the molecule is CC1OC(CC2(CNC(=O)OCCSSCCOC(=O)NC(CO)C(=O)O)CCCCC2)O1. The number of carbonyl (C=O) groups is 3. The number of ether oxygens (including phenoxy) is 4. The van der Waals surface area contributed by atoms with E-state index in [-0.39, 0.29) is 31.2 Å². The van der Waals surface area contributed by atoms with Crippen LogP contribution in [-0.2, 0) is 23.7 Å². The van der Waals surface area contributed by atoms with Crippen molar-refractivity contribution in [2.24, 2.45) is 5.41 Å². The molecule has 2 aliphatic rings. The highest BCUT2D eigenvalue weighted by Crippen LogP contribution is 2.42. The second-order valence-corrected chi connectivity index (χ2v) is 10.7. The van der Waals surface area contributed by atoms with Crippen LogP contribution in [-0.4, -0.2) is 84.9 Å². The number of alkyl carbamates (subject to hydrolysis) is 2. The second kappa shape index (κ2) is 14.8. The molecular weight excluding hydrogens is 476 g/mol. The molecule has 1 atom stereocenters. The summed E-state index contributed by atoms with van der Waals surface area (Å²) in [5, 5.41) is 22.5. The number of carboxylic acids is 1. The molecule has 0 spiro atoms. The molecule has 0 radical (unpaired) electrons. The van der Waals surface area contributed by atoms with Gasteiger partial charge in [-0.1, -0.05) is 40.9 Å². The highest BCUT2D eigenvalue weighted by molar-refractivity contribution is 8.76. The van der Waals surface area contributed by atoms with E-state index >= 15 is 0 Å². The molecule has 2 fully saturated rings. The molecule has 0 bridgehead atoms. The van der Waals surface area contributed by atoms with Crippen LogP contribution in [0.5, 0.6) is 0 Å². The number of amides is 2. The van der Waals surface area contributed by atoms with Crippen molar-refractivity contribution in [2.75, 3.05) is 37.9 Å². The zero-order valence-corrected chi connectivity index (χ0v) is 20.4. The minimum absolute atomic E-state index is 0.0133. The largest absolute Gasteiger partial charge is 0.480 e. The number of carboxylic acid groups (broad SMARTS) is 1. The molecule has 1 unspecified atom stereocenters. The standard InChI is InChI=1S/C20H34N2O9S2/c1-14-30-16(31-14)11-20(5-3-2-4-6-20)13-21-18(26)28-7-9-32-33-10-8-29-19(27)22-15(12-23)17(24)25/h14-16,23H,2-13H2,1H3,(H,21,26)(H,22,27)(H,24,25). The monoisotopic (exact) mass is 510 g/mol. The summed E-state index contributed by atoms with van der Waals surface area (Å²) in [4.78, 5) is 34.2. The predicted molar refractivity (Wildman–Crippen MR) is 123 cm³/mol. The number of hydrogen-bond acceptors (Lipinski definition) is 10. The van der Waals surface area contributed by atoms with Gasteiger partial charge in [-0.15, -0.1) is 0 Å². The van der Waals surface area contributed by atoms with Crippen molar-refractivity contribution >= 4 is 39.7 Å². The molecule has 0 aromatic heterocycles. The predicted octanol–water partition coefficient (Wildman–Crippen LogP) is 2.33. The van der Waals surface area contributed by atoms with Crippen molar-refractivity contribution in [3.05, 3.63) is 0 Å². The van der Waals surface area contributed by atoms with E-state index in [2.05, 4.69) is 5.32 Å². The third kappa shape index (κ3) is 10.6. The zero-order chi connectivity index (χ0) is 24.1. The van der Waals surface area contributed by atoms with E-state index in [4.69, 9.17) is 29.2 Å². The zero-order valence-electron chi connectivity index (χ0n) is 18.8. The first kappa shape index (κ1) is 27.8. The molecule has 190 valence electrons. The molecule has 1 heterocycles. The van der Waals surface area contributed by atoms with E-state index in [1.54, 1.807) is 0 Å². The first-order chi connectivity index (χ1) is 15.8. The summed E-state index contributed by atoms with van der Waals surface area (Å²) in [6.07, 6.45) is 4.67. The maximum absolute atomic E-state index is 12.1. The Labute approximate surface area is 201 Å². The molecule has 1 aliphatic heterocycles. The summed E-state index contributed by atoms with van der Waals surface area (Å²) >= 11 is 0. The Balaban J connectivity index is 1.50. The Bertz CT molecular complexity index is 629. The summed E-state index contributed by atoms with van der Waals surface area (Å²) in [7, 11) is 2.90. The second-order valence-electron chi connectivity index (χ2n) is 8.02. The first-order valence-corrected chi connectivity index (χ1v) is 13.6. The average Bonchev–Trinajstić information content (AvgIpc) is 2.77. The quantitative estimate of drug-likeness (QED) is 0.201. The van der Waals surface area contributed by atoms with Crippen LogP contribution in [0.1, 0.15) is 45.4 Å². The molecule has 0 aromatic carbocycles. The highest BCUT2D eigenvalue weighted by atomic mass is 33.1. The Morgan fingerprint density at radius 1 is 1.06 bits per heavy atom. The van der Waals surface area contributed by atoms with Gasteiger partial charge < -0.3 is 39.8 Å². The number of carbonyl (C=O) groups excluding carboxylic acids is 2. The lowest BCUT2D eigenvalue weighted by Crippen LogP contribution is -2.47.